The highest BCUT2D eigenvalue weighted by Gasteiger charge is 2.19. The Kier molecular flexibility index (Phi) is 5.03. The van der Waals surface area contributed by atoms with Gasteiger partial charge in [0.1, 0.15) is 0 Å². The van der Waals surface area contributed by atoms with Gasteiger partial charge in [0.05, 0.1) is 26.3 Å². The number of rotatable bonds is 5. The zero-order valence-corrected chi connectivity index (χ0v) is 18.2. The van der Waals surface area contributed by atoms with Crippen LogP contribution in [-0.2, 0) is 6.54 Å². The van der Waals surface area contributed by atoms with E-state index in [0.717, 1.165) is 16.5 Å². The highest BCUT2D eigenvalue weighted by molar-refractivity contribution is 6.30. The third-order valence-corrected chi connectivity index (χ3v) is 5.55. The first kappa shape index (κ1) is 20.1. The first-order chi connectivity index (χ1) is 15.6. The number of hydrogen-bond acceptors (Lipinski definition) is 5. The zero-order chi connectivity index (χ0) is 22.2. The number of fused-ring (bicyclic) bond motifs is 3. The summed E-state index contributed by atoms with van der Waals surface area (Å²) in [6, 6.07) is 20.6. The van der Waals surface area contributed by atoms with E-state index in [1.807, 2.05) is 54.6 Å². The highest BCUT2D eigenvalue weighted by Crippen LogP contribution is 2.33. The molecular formula is C24H19ClN4O3. The summed E-state index contributed by atoms with van der Waals surface area (Å²) in [6.07, 6.45) is 0. The normalized spacial score (nSPS) is 11.2. The van der Waals surface area contributed by atoms with Gasteiger partial charge in [-0.1, -0.05) is 54.1 Å². The summed E-state index contributed by atoms with van der Waals surface area (Å²) in [5.74, 6) is 1.53. The van der Waals surface area contributed by atoms with Crippen molar-refractivity contribution in [3.8, 4) is 22.9 Å². The molecule has 0 atom stereocenters. The SMILES string of the molecule is COc1cc2c(cc1OC)n(Cc1cccc(Cl)c1)c(=O)n1nc(-c3ccccc3)nc21. The van der Waals surface area contributed by atoms with E-state index >= 15 is 0 Å². The molecule has 0 radical (unpaired) electrons. The van der Waals surface area contributed by atoms with Crippen LogP contribution in [0.2, 0.25) is 5.02 Å². The molecule has 32 heavy (non-hydrogen) atoms. The van der Waals surface area contributed by atoms with Crippen LogP contribution in [0.15, 0.2) is 71.5 Å². The molecule has 8 heteroatoms. The van der Waals surface area contributed by atoms with Gasteiger partial charge in [0, 0.05) is 22.0 Å². The van der Waals surface area contributed by atoms with Crippen LogP contribution >= 0.6 is 11.6 Å². The fourth-order valence-corrected chi connectivity index (χ4v) is 4.00. The van der Waals surface area contributed by atoms with Gasteiger partial charge in [-0.05, 0) is 23.8 Å². The fourth-order valence-electron chi connectivity index (χ4n) is 3.79. The number of methoxy groups -OCH3 is 2. The standard InChI is InChI=1S/C24H19ClN4O3/c1-31-20-12-18-19(13-21(20)32-2)28(14-15-7-6-10-17(25)11-15)24(30)29-23(18)26-22(27-29)16-8-4-3-5-9-16/h3-13H,14H2,1-2H3. The summed E-state index contributed by atoms with van der Waals surface area (Å²) in [5.41, 5.74) is 2.51. The molecule has 0 aliphatic rings. The van der Waals surface area contributed by atoms with Crippen LogP contribution in [0.4, 0.5) is 0 Å². The molecule has 0 spiro atoms. The molecule has 0 unspecified atom stereocenters. The molecular weight excluding hydrogens is 428 g/mol. The molecule has 0 saturated carbocycles. The Bertz CT molecular complexity index is 1510. The van der Waals surface area contributed by atoms with Gasteiger partial charge in [0.2, 0.25) is 0 Å². The van der Waals surface area contributed by atoms with Gasteiger partial charge in [-0.15, -0.1) is 5.10 Å². The second-order valence-corrected chi connectivity index (χ2v) is 7.70. The van der Waals surface area contributed by atoms with Crippen molar-refractivity contribution in [3.05, 3.63) is 87.8 Å². The third-order valence-electron chi connectivity index (χ3n) is 5.31. The number of benzene rings is 3. The van der Waals surface area contributed by atoms with Crippen molar-refractivity contribution in [2.75, 3.05) is 14.2 Å². The lowest BCUT2D eigenvalue weighted by Gasteiger charge is -2.14. The molecule has 0 aliphatic heterocycles. The zero-order valence-electron chi connectivity index (χ0n) is 17.4. The third kappa shape index (κ3) is 3.36. The van der Waals surface area contributed by atoms with Crippen molar-refractivity contribution in [1.82, 2.24) is 19.2 Å². The maximum atomic E-state index is 13.5. The van der Waals surface area contributed by atoms with E-state index in [-0.39, 0.29) is 5.69 Å². The molecule has 2 aromatic heterocycles. The first-order valence-corrected chi connectivity index (χ1v) is 10.3. The number of halogens is 1. The predicted octanol–water partition coefficient (Wildman–Crippen LogP) is 4.43. The van der Waals surface area contributed by atoms with E-state index in [0.29, 0.717) is 40.1 Å². The second-order valence-electron chi connectivity index (χ2n) is 7.26. The Labute approximate surface area is 188 Å². The summed E-state index contributed by atoms with van der Waals surface area (Å²) in [6.45, 7) is 0.307. The van der Waals surface area contributed by atoms with E-state index in [9.17, 15) is 4.79 Å². The first-order valence-electron chi connectivity index (χ1n) is 9.94. The second kappa shape index (κ2) is 8.01. The Hall–Kier alpha value is -3.84. The van der Waals surface area contributed by atoms with Crippen LogP contribution in [0.3, 0.4) is 0 Å². The maximum absolute atomic E-state index is 13.5. The van der Waals surface area contributed by atoms with Crippen molar-refractivity contribution in [3.63, 3.8) is 0 Å². The molecule has 0 N–H and O–H groups in total. The minimum absolute atomic E-state index is 0.307. The molecule has 5 rings (SSSR count). The summed E-state index contributed by atoms with van der Waals surface area (Å²) in [5, 5.41) is 5.85. The van der Waals surface area contributed by atoms with Gasteiger partial charge < -0.3 is 9.47 Å². The number of hydrogen-bond donors (Lipinski definition) is 0. The smallest absolute Gasteiger partial charge is 0.351 e. The van der Waals surface area contributed by atoms with Crippen LogP contribution in [0.1, 0.15) is 5.56 Å². The summed E-state index contributed by atoms with van der Waals surface area (Å²) < 4.78 is 14.0. The fraction of sp³-hybridized carbons (Fsp3) is 0.125. The van der Waals surface area contributed by atoms with E-state index in [2.05, 4.69) is 10.1 Å². The highest BCUT2D eigenvalue weighted by atomic mass is 35.5. The van der Waals surface area contributed by atoms with Gasteiger partial charge in [0.15, 0.2) is 23.0 Å². The summed E-state index contributed by atoms with van der Waals surface area (Å²) in [4.78, 5) is 18.2. The Balaban J connectivity index is 1.84. The average molecular weight is 447 g/mol. The van der Waals surface area contributed by atoms with Gasteiger partial charge in [0.25, 0.3) is 0 Å². The molecule has 0 amide bonds. The van der Waals surface area contributed by atoms with Crippen LogP contribution in [0.25, 0.3) is 27.9 Å². The van der Waals surface area contributed by atoms with E-state index in [1.165, 1.54) is 4.52 Å². The molecule has 160 valence electrons. The average Bonchev–Trinajstić information content (AvgIpc) is 3.27. The van der Waals surface area contributed by atoms with Crippen LogP contribution in [-0.4, -0.2) is 33.4 Å². The lowest BCUT2D eigenvalue weighted by atomic mass is 10.1. The van der Waals surface area contributed by atoms with Crippen molar-refractivity contribution >= 4 is 28.2 Å². The summed E-state index contributed by atoms with van der Waals surface area (Å²) in [7, 11) is 3.13. The topological polar surface area (TPSA) is 70.7 Å². The van der Waals surface area contributed by atoms with Crippen molar-refractivity contribution in [2.24, 2.45) is 0 Å². The molecule has 0 saturated heterocycles. The van der Waals surface area contributed by atoms with Gasteiger partial charge in [-0.2, -0.15) is 4.52 Å². The van der Waals surface area contributed by atoms with Crippen molar-refractivity contribution < 1.29 is 9.47 Å². The minimum Gasteiger partial charge on any atom is -0.493 e. The molecule has 0 fully saturated rings. The lowest BCUT2D eigenvalue weighted by molar-refractivity contribution is 0.355. The number of ether oxygens (including phenoxy) is 2. The van der Waals surface area contributed by atoms with E-state index in [4.69, 9.17) is 21.1 Å². The van der Waals surface area contributed by atoms with Gasteiger partial charge in [-0.25, -0.2) is 9.78 Å². The molecule has 7 nitrogen and oxygen atoms in total. The minimum atomic E-state index is -0.311. The quantitative estimate of drug-likeness (QED) is 0.399. The monoisotopic (exact) mass is 446 g/mol. The van der Waals surface area contributed by atoms with Gasteiger partial charge in [-0.3, -0.25) is 4.57 Å². The molecule has 0 aliphatic carbocycles. The largest absolute Gasteiger partial charge is 0.493 e. The van der Waals surface area contributed by atoms with Crippen LogP contribution in [0, 0.1) is 0 Å². The maximum Gasteiger partial charge on any atom is 0.351 e. The van der Waals surface area contributed by atoms with Crippen molar-refractivity contribution in [1.29, 1.82) is 0 Å². The number of nitrogens with zero attached hydrogens (tertiary/aromatic N) is 4. The van der Waals surface area contributed by atoms with Crippen LogP contribution in [0.5, 0.6) is 11.5 Å². The van der Waals surface area contributed by atoms with Gasteiger partial charge >= 0.3 is 5.69 Å². The Morgan fingerprint density at radius 1 is 0.938 bits per heavy atom. The van der Waals surface area contributed by atoms with E-state index in [1.54, 1.807) is 30.9 Å². The Morgan fingerprint density at radius 3 is 2.41 bits per heavy atom. The van der Waals surface area contributed by atoms with Crippen LogP contribution < -0.4 is 15.2 Å². The molecule has 3 aromatic carbocycles. The van der Waals surface area contributed by atoms with E-state index < -0.39 is 0 Å². The lowest BCUT2D eigenvalue weighted by Crippen LogP contribution is -2.28. The predicted molar refractivity (Wildman–Crippen MR) is 124 cm³/mol. The molecule has 5 aromatic rings. The molecule has 0 bridgehead atoms. The molecule has 2 heterocycles. The Morgan fingerprint density at radius 2 is 1.69 bits per heavy atom. The summed E-state index contributed by atoms with van der Waals surface area (Å²) >= 11 is 6.17. The number of aromatic nitrogens is 4. The van der Waals surface area contributed by atoms with Crippen molar-refractivity contribution in [2.45, 2.75) is 6.54 Å².